The van der Waals surface area contributed by atoms with E-state index in [1.165, 1.54) is 101 Å². The molecule has 12 rings (SSSR count). The van der Waals surface area contributed by atoms with Crippen molar-refractivity contribution in [2.45, 2.75) is 41.5 Å². The number of rotatable bonds is 4. The highest BCUT2D eigenvalue weighted by Crippen LogP contribution is 2.38. The minimum atomic E-state index is 0.140. The van der Waals surface area contributed by atoms with Crippen LogP contribution in [0.5, 0.6) is 0 Å². The van der Waals surface area contributed by atoms with Crippen LogP contribution in [-0.2, 0) is 0 Å². The van der Waals surface area contributed by atoms with E-state index in [9.17, 15) is 0 Å². The lowest BCUT2D eigenvalue weighted by Crippen LogP contribution is -2.58. The number of hydrogen-bond acceptors (Lipinski definition) is 5. The van der Waals surface area contributed by atoms with Crippen molar-refractivity contribution in [2.75, 3.05) is 9.80 Å². The van der Waals surface area contributed by atoms with Gasteiger partial charge in [-0.25, -0.2) is 0 Å². The number of aromatic nitrogens is 2. The smallest absolute Gasteiger partial charge is 0.247 e. The summed E-state index contributed by atoms with van der Waals surface area (Å²) in [5, 5.41) is 0. The average molecular weight is 927 g/mol. The summed E-state index contributed by atoms with van der Waals surface area (Å²) in [6, 6.07) is 65.9. The Morgan fingerprint density at radius 2 is 0.676 bits per heavy atom. The number of para-hydroxylation sites is 4. The van der Waals surface area contributed by atoms with E-state index in [0.717, 1.165) is 44.7 Å². The molecule has 0 aliphatic carbocycles. The van der Waals surface area contributed by atoms with Gasteiger partial charge >= 0.3 is 0 Å². The summed E-state index contributed by atoms with van der Waals surface area (Å²) in [4.78, 5) is 4.79. The highest BCUT2D eigenvalue weighted by atomic mass is 32.1. The minimum absolute atomic E-state index is 0.140. The van der Waals surface area contributed by atoms with Crippen LogP contribution < -0.4 is 42.6 Å². The number of benzene rings is 9. The van der Waals surface area contributed by atoms with Gasteiger partial charge in [0.15, 0.2) is 0 Å². The SMILES string of the molecule is Cc1cc(C)c(B2c3ccccc3N(c3ccc(C#Cc4ccc(C#Cc5ccc(N6c7ccccc7B(c7c(C)cc(C)cc7C)c7ccccc76)cc5)c5nsnc45)cc3)c3ccccc32)c(C)c1. The van der Waals surface area contributed by atoms with Crippen LogP contribution in [-0.4, -0.2) is 22.2 Å². The fraction of sp³-hybridized carbons (Fsp3) is 0.0938. The van der Waals surface area contributed by atoms with Gasteiger partial charge in [-0.1, -0.05) is 165 Å². The van der Waals surface area contributed by atoms with E-state index in [0.29, 0.717) is 0 Å². The summed E-state index contributed by atoms with van der Waals surface area (Å²) < 4.78 is 9.39. The second kappa shape index (κ2) is 17.9. The average Bonchev–Trinajstić information content (AvgIpc) is 3.88. The molecule has 0 saturated heterocycles. The zero-order valence-corrected chi connectivity index (χ0v) is 41.5. The summed E-state index contributed by atoms with van der Waals surface area (Å²) in [7, 11) is 0. The van der Waals surface area contributed by atoms with Crippen LogP contribution >= 0.6 is 11.7 Å². The largest absolute Gasteiger partial charge is 0.312 e. The van der Waals surface area contributed by atoms with Crippen molar-refractivity contribution < 1.29 is 0 Å². The molecule has 0 spiro atoms. The monoisotopic (exact) mass is 926 g/mol. The van der Waals surface area contributed by atoms with Gasteiger partial charge in [0.05, 0.1) is 22.9 Å². The van der Waals surface area contributed by atoms with Crippen LogP contribution in [0.4, 0.5) is 34.1 Å². The van der Waals surface area contributed by atoms with E-state index in [2.05, 4.69) is 245 Å². The molecule has 336 valence electrons. The van der Waals surface area contributed by atoms with Crippen LogP contribution in [0.1, 0.15) is 55.6 Å². The fourth-order valence-corrected chi connectivity index (χ4v) is 12.1. The van der Waals surface area contributed by atoms with Gasteiger partial charge < -0.3 is 9.80 Å². The second-order valence-electron chi connectivity index (χ2n) is 19.1. The Kier molecular flexibility index (Phi) is 11.0. The summed E-state index contributed by atoms with van der Waals surface area (Å²) >= 11 is 1.19. The molecule has 0 N–H and O–H groups in total. The molecule has 0 saturated carbocycles. The van der Waals surface area contributed by atoms with Gasteiger partial charge in [-0.15, -0.1) is 0 Å². The molecule has 0 fully saturated rings. The Morgan fingerprint density at radius 3 is 1.00 bits per heavy atom. The third-order valence-electron chi connectivity index (χ3n) is 14.4. The van der Waals surface area contributed by atoms with Gasteiger partial charge in [0, 0.05) is 45.3 Å². The Morgan fingerprint density at radius 1 is 0.366 bits per heavy atom. The van der Waals surface area contributed by atoms with E-state index >= 15 is 0 Å². The highest BCUT2D eigenvalue weighted by molar-refractivity contribution is 7.00. The standard InChI is InChI=1S/C64H48B2N4S/c1-41-37-43(3)61(44(4)38-41)65-53-15-7-11-19-57(53)69(58-20-12-8-16-54(58)65)51-33-25-47(26-34-51)23-29-49-31-32-50(64-63(49)67-71-68-64)30-24-48-27-35-52(36-28-48)70-59-21-13-9-17-55(59)66(56-18-10-14-22-60(56)70)62-45(5)39-42(2)40-46(62)6/h7-22,25-28,31-40H,1-6H3. The van der Waals surface area contributed by atoms with Crippen molar-refractivity contribution in [3.63, 3.8) is 0 Å². The third-order valence-corrected chi connectivity index (χ3v) is 14.9. The highest BCUT2D eigenvalue weighted by Gasteiger charge is 2.38. The number of aryl methyl sites for hydroxylation is 6. The van der Waals surface area contributed by atoms with Crippen LogP contribution in [0, 0.1) is 65.2 Å². The molecule has 0 amide bonds. The Labute approximate surface area is 422 Å². The maximum atomic E-state index is 4.69. The van der Waals surface area contributed by atoms with E-state index in [1.807, 2.05) is 12.1 Å². The first-order valence-corrected chi connectivity index (χ1v) is 25.0. The fourth-order valence-electron chi connectivity index (χ4n) is 11.5. The van der Waals surface area contributed by atoms with E-state index in [-0.39, 0.29) is 13.4 Å². The van der Waals surface area contributed by atoms with Gasteiger partial charge in [-0.05, 0) is 148 Å². The van der Waals surface area contributed by atoms with Crippen molar-refractivity contribution in [2.24, 2.45) is 0 Å². The number of hydrogen-bond donors (Lipinski definition) is 0. The predicted octanol–water partition coefficient (Wildman–Crippen LogP) is 10.9. The lowest BCUT2D eigenvalue weighted by molar-refractivity contribution is 1.29. The van der Waals surface area contributed by atoms with Gasteiger partial charge in [-0.3, -0.25) is 0 Å². The topological polar surface area (TPSA) is 32.3 Å². The molecule has 0 bridgehead atoms. The first-order chi connectivity index (χ1) is 34.7. The number of nitrogens with zero attached hydrogens (tertiary/aromatic N) is 4. The van der Waals surface area contributed by atoms with Gasteiger partial charge in [0.25, 0.3) is 0 Å². The minimum Gasteiger partial charge on any atom is -0.312 e. The van der Waals surface area contributed by atoms with Crippen LogP contribution in [0.2, 0.25) is 0 Å². The predicted molar refractivity (Wildman–Crippen MR) is 302 cm³/mol. The molecule has 0 atom stereocenters. The summed E-state index contributed by atoms with van der Waals surface area (Å²) in [6.45, 7) is 13.7. The summed E-state index contributed by atoms with van der Waals surface area (Å²) in [5.74, 6) is 13.7. The van der Waals surface area contributed by atoms with Crippen molar-refractivity contribution >= 4 is 103 Å². The van der Waals surface area contributed by atoms with Crippen LogP contribution in [0.15, 0.2) is 182 Å². The van der Waals surface area contributed by atoms with E-state index < -0.39 is 0 Å². The number of anilines is 6. The zero-order valence-electron chi connectivity index (χ0n) is 40.7. The van der Waals surface area contributed by atoms with Crippen LogP contribution in [0.25, 0.3) is 11.0 Å². The maximum Gasteiger partial charge on any atom is 0.247 e. The van der Waals surface area contributed by atoms with Crippen molar-refractivity contribution in [1.82, 2.24) is 8.75 Å². The van der Waals surface area contributed by atoms with E-state index in [1.54, 1.807) is 0 Å². The first-order valence-electron chi connectivity index (χ1n) is 24.3. The normalized spacial score (nSPS) is 12.3. The molecule has 1 aromatic heterocycles. The first kappa shape index (κ1) is 43.9. The molecule has 3 heterocycles. The molecule has 71 heavy (non-hydrogen) atoms. The van der Waals surface area contributed by atoms with E-state index in [4.69, 9.17) is 8.75 Å². The van der Waals surface area contributed by atoms with Crippen LogP contribution in [0.3, 0.4) is 0 Å². The third kappa shape index (κ3) is 7.71. The van der Waals surface area contributed by atoms with Crippen molar-refractivity contribution in [3.05, 3.63) is 238 Å². The second-order valence-corrected chi connectivity index (χ2v) is 19.6. The molecule has 2 aliphatic heterocycles. The Bertz CT molecular complexity index is 3490. The summed E-state index contributed by atoms with van der Waals surface area (Å²) in [5.41, 5.74) is 27.9. The maximum absolute atomic E-state index is 4.69. The lowest BCUT2D eigenvalue weighted by atomic mass is 9.34. The molecule has 4 nitrogen and oxygen atoms in total. The Hall–Kier alpha value is -8.35. The quantitative estimate of drug-likeness (QED) is 0.130. The summed E-state index contributed by atoms with van der Waals surface area (Å²) in [6.07, 6.45) is 0. The molecule has 2 aliphatic rings. The molecule has 10 aromatic rings. The lowest BCUT2D eigenvalue weighted by Gasteiger charge is -2.37. The number of fused-ring (bicyclic) bond motifs is 5. The van der Waals surface area contributed by atoms with Gasteiger partial charge in [-0.2, -0.15) is 8.75 Å². The molecular formula is C64H48B2N4S. The van der Waals surface area contributed by atoms with Gasteiger partial charge in [0.1, 0.15) is 11.0 Å². The zero-order chi connectivity index (χ0) is 48.3. The van der Waals surface area contributed by atoms with Crippen molar-refractivity contribution in [3.8, 4) is 23.7 Å². The molecule has 0 radical (unpaired) electrons. The molecule has 9 aromatic carbocycles. The molecule has 7 heteroatoms. The molecule has 0 unspecified atom stereocenters. The van der Waals surface area contributed by atoms with Crippen molar-refractivity contribution in [1.29, 1.82) is 0 Å². The molecular weight excluding hydrogens is 878 g/mol. The van der Waals surface area contributed by atoms with Gasteiger partial charge in [0.2, 0.25) is 13.4 Å². The Balaban J connectivity index is 0.805.